The van der Waals surface area contributed by atoms with Gasteiger partial charge in [-0.05, 0) is 28.9 Å². The molecule has 1 atom stereocenters. The summed E-state index contributed by atoms with van der Waals surface area (Å²) in [6.45, 7) is 0.567. The van der Waals surface area contributed by atoms with Gasteiger partial charge in [-0.2, -0.15) is 4.98 Å². The lowest BCUT2D eigenvalue weighted by atomic mass is 10.1. The topological polar surface area (TPSA) is 105 Å². The third-order valence-electron chi connectivity index (χ3n) is 5.07. The summed E-state index contributed by atoms with van der Waals surface area (Å²) in [5.74, 6) is 0.807. The molecule has 0 amide bonds. The number of rotatable bonds is 7. The zero-order valence-corrected chi connectivity index (χ0v) is 16.5. The van der Waals surface area contributed by atoms with E-state index in [1.807, 2.05) is 47.0 Å². The molecular formula is C20H19N5O3P+. The molecular weight excluding hydrogens is 389 g/mol. The number of imidazole rings is 1. The predicted molar refractivity (Wildman–Crippen MR) is 110 cm³/mol. The Bertz CT molecular complexity index is 1220. The largest absolute Gasteiger partial charge is 0.585 e. The van der Waals surface area contributed by atoms with E-state index in [2.05, 4.69) is 15.0 Å². The van der Waals surface area contributed by atoms with Crippen LogP contribution in [0.3, 0.4) is 0 Å². The van der Waals surface area contributed by atoms with E-state index in [-0.39, 0.29) is 17.9 Å². The van der Waals surface area contributed by atoms with Gasteiger partial charge in [-0.15, -0.1) is 0 Å². The Hall–Kier alpha value is -3.09. The number of hydrogen-bond donors (Lipinski definition) is 1. The van der Waals surface area contributed by atoms with E-state index in [1.54, 1.807) is 12.5 Å². The smallest absolute Gasteiger partial charge is 0.368 e. The number of fused-ring (bicyclic) bond motifs is 2. The second-order valence-corrected chi connectivity index (χ2v) is 8.27. The number of aromatic nitrogens is 4. The number of ether oxygens (including phenoxy) is 1. The number of benzene rings is 2. The standard InChI is InChI=1S/C20H19N5O3P/c21-19-22-10-16-18(24-19)25(12-23-16)11-20(8-9-20)27-13-29(26)28-17-7-3-5-14-4-1-2-6-15(14)17/h1-7,10,12H,8-9,11,13H2,(H2,21,22,24)/q+1. The van der Waals surface area contributed by atoms with Crippen LogP contribution in [-0.2, 0) is 15.8 Å². The van der Waals surface area contributed by atoms with Crippen LogP contribution in [0.2, 0.25) is 0 Å². The summed E-state index contributed by atoms with van der Waals surface area (Å²) in [5.41, 5.74) is 6.67. The first-order chi connectivity index (χ1) is 14.1. The monoisotopic (exact) mass is 408 g/mol. The first-order valence-corrected chi connectivity index (χ1v) is 10.7. The number of nitrogen functional groups attached to an aromatic ring is 1. The maximum atomic E-state index is 12.5. The Labute approximate surface area is 167 Å². The fraction of sp³-hybridized carbons (Fsp3) is 0.250. The highest BCUT2D eigenvalue weighted by Gasteiger charge is 2.47. The fourth-order valence-electron chi connectivity index (χ4n) is 3.38. The SMILES string of the molecule is Nc1ncc2ncn(CC3(OC[P+](=O)Oc4cccc5ccccc45)CC3)c2n1. The van der Waals surface area contributed by atoms with Crippen molar-refractivity contribution in [1.82, 2.24) is 19.5 Å². The van der Waals surface area contributed by atoms with Crippen LogP contribution < -0.4 is 10.3 Å². The van der Waals surface area contributed by atoms with Crippen LogP contribution in [0.1, 0.15) is 12.8 Å². The van der Waals surface area contributed by atoms with Gasteiger partial charge in [-0.1, -0.05) is 36.4 Å². The van der Waals surface area contributed by atoms with Crippen molar-refractivity contribution in [2.75, 3.05) is 12.1 Å². The van der Waals surface area contributed by atoms with Crippen molar-refractivity contribution >= 4 is 35.9 Å². The summed E-state index contributed by atoms with van der Waals surface area (Å²) in [6.07, 6.45) is 5.09. The quantitative estimate of drug-likeness (QED) is 0.463. The van der Waals surface area contributed by atoms with Gasteiger partial charge in [0.05, 0.1) is 24.7 Å². The molecule has 2 aromatic heterocycles. The highest BCUT2D eigenvalue weighted by molar-refractivity contribution is 7.39. The molecule has 0 bridgehead atoms. The minimum absolute atomic E-state index is 0.0301. The normalized spacial score (nSPS) is 15.5. The highest BCUT2D eigenvalue weighted by Crippen LogP contribution is 2.44. The van der Waals surface area contributed by atoms with Gasteiger partial charge < -0.3 is 15.0 Å². The lowest BCUT2D eigenvalue weighted by Crippen LogP contribution is -2.22. The van der Waals surface area contributed by atoms with Gasteiger partial charge in [0, 0.05) is 5.39 Å². The molecule has 1 aliphatic rings. The van der Waals surface area contributed by atoms with E-state index in [9.17, 15) is 4.57 Å². The number of nitrogens with zero attached hydrogens (tertiary/aromatic N) is 4. The summed E-state index contributed by atoms with van der Waals surface area (Å²) < 4.78 is 26.1. The molecule has 146 valence electrons. The van der Waals surface area contributed by atoms with Gasteiger partial charge >= 0.3 is 8.03 Å². The van der Waals surface area contributed by atoms with Gasteiger partial charge in [0.15, 0.2) is 11.4 Å². The van der Waals surface area contributed by atoms with Crippen molar-refractivity contribution in [2.24, 2.45) is 0 Å². The Morgan fingerprint density at radius 1 is 1.14 bits per heavy atom. The average Bonchev–Trinajstić information content (AvgIpc) is 3.40. The Morgan fingerprint density at radius 3 is 2.83 bits per heavy atom. The third-order valence-corrected chi connectivity index (χ3v) is 5.81. The summed E-state index contributed by atoms with van der Waals surface area (Å²) in [5, 5.41) is 1.97. The highest BCUT2D eigenvalue weighted by atomic mass is 31.1. The molecule has 29 heavy (non-hydrogen) atoms. The first kappa shape index (κ1) is 18.0. The first-order valence-electron chi connectivity index (χ1n) is 9.30. The maximum absolute atomic E-state index is 12.5. The van der Waals surface area contributed by atoms with E-state index >= 15 is 0 Å². The van der Waals surface area contributed by atoms with Crippen LogP contribution in [0, 0.1) is 0 Å². The second-order valence-electron chi connectivity index (χ2n) is 7.17. The van der Waals surface area contributed by atoms with Gasteiger partial charge in [0.25, 0.3) is 6.35 Å². The number of anilines is 1. The minimum Gasteiger partial charge on any atom is -0.368 e. The van der Waals surface area contributed by atoms with Gasteiger partial charge in [-0.3, -0.25) is 4.52 Å². The zero-order chi connectivity index (χ0) is 19.8. The van der Waals surface area contributed by atoms with Crippen LogP contribution in [0.15, 0.2) is 55.0 Å². The molecule has 1 saturated carbocycles. The molecule has 1 fully saturated rings. The number of hydrogen-bond acceptors (Lipinski definition) is 7. The van der Waals surface area contributed by atoms with Crippen molar-refractivity contribution in [3.63, 3.8) is 0 Å². The Balaban J connectivity index is 1.26. The Morgan fingerprint density at radius 2 is 1.97 bits per heavy atom. The van der Waals surface area contributed by atoms with E-state index in [0.29, 0.717) is 23.5 Å². The maximum Gasteiger partial charge on any atom is 0.585 e. The molecule has 1 unspecified atom stereocenters. The summed E-state index contributed by atoms with van der Waals surface area (Å²) in [6, 6.07) is 13.6. The average molecular weight is 408 g/mol. The molecule has 0 saturated heterocycles. The van der Waals surface area contributed by atoms with E-state index in [4.69, 9.17) is 15.0 Å². The van der Waals surface area contributed by atoms with Crippen LogP contribution in [0.5, 0.6) is 5.75 Å². The van der Waals surface area contributed by atoms with Crippen molar-refractivity contribution in [3.8, 4) is 5.75 Å². The molecule has 0 spiro atoms. The van der Waals surface area contributed by atoms with Gasteiger partial charge in [0.1, 0.15) is 5.52 Å². The van der Waals surface area contributed by atoms with Crippen molar-refractivity contribution in [3.05, 3.63) is 55.0 Å². The fourth-order valence-corrected chi connectivity index (χ4v) is 4.19. The van der Waals surface area contributed by atoms with E-state index in [1.165, 1.54) is 0 Å². The predicted octanol–water partition coefficient (Wildman–Crippen LogP) is 3.89. The molecule has 9 heteroatoms. The van der Waals surface area contributed by atoms with E-state index in [0.717, 1.165) is 23.6 Å². The molecule has 0 radical (unpaired) electrons. The van der Waals surface area contributed by atoms with E-state index < -0.39 is 8.03 Å². The molecule has 2 aromatic carbocycles. The molecule has 0 aliphatic heterocycles. The summed E-state index contributed by atoms with van der Waals surface area (Å²) >= 11 is 0. The molecule has 2 N–H and O–H groups in total. The summed E-state index contributed by atoms with van der Waals surface area (Å²) in [4.78, 5) is 12.5. The van der Waals surface area contributed by atoms with Gasteiger partial charge in [0.2, 0.25) is 5.95 Å². The molecule has 1 aliphatic carbocycles. The number of nitrogens with two attached hydrogens (primary N) is 1. The molecule has 5 rings (SSSR count). The van der Waals surface area contributed by atoms with Crippen LogP contribution in [0.4, 0.5) is 5.95 Å². The second kappa shape index (κ2) is 7.06. The van der Waals surface area contributed by atoms with Crippen LogP contribution in [-0.4, -0.2) is 31.5 Å². The Kier molecular flexibility index (Phi) is 4.38. The summed E-state index contributed by atoms with van der Waals surface area (Å²) in [7, 11) is -2.00. The van der Waals surface area contributed by atoms with Crippen LogP contribution >= 0.6 is 8.03 Å². The minimum atomic E-state index is -2.00. The van der Waals surface area contributed by atoms with Crippen molar-refractivity contribution < 1.29 is 13.8 Å². The van der Waals surface area contributed by atoms with Crippen LogP contribution in [0.25, 0.3) is 21.9 Å². The van der Waals surface area contributed by atoms with Gasteiger partial charge in [-0.25, -0.2) is 9.97 Å². The lowest BCUT2D eigenvalue weighted by Gasteiger charge is -2.14. The molecule has 4 aromatic rings. The lowest BCUT2D eigenvalue weighted by molar-refractivity contribution is 0.0490. The van der Waals surface area contributed by atoms with Crippen molar-refractivity contribution in [1.29, 1.82) is 0 Å². The van der Waals surface area contributed by atoms with Crippen molar-refractivity contribution in [2.45, 2.75) is 25.0 Å². The molecule has 2 heterocycles. The third kappa shape index (κ3) is 3.64. The molecule has 8 nitrogen and oxygen atoms in total. The zero-order valence-electron chi connectivity index (χ0n) is 15.6.